The molecular weight excluding hydrogens is 557 g/mol. The molecule has 46 heavy (non-hydrogen) atoms. The van der Waals surface area contributed by atoms with E-state index in [0.717, 1.165) is 24.3 Å². The zero-order valence-electron chi connectivity index (χ0n) is 26.4. The fourth-order valence-corrected chi connectivity index (χ4v) is 8.15. The van der Waals surface area contributed by atoms with Crippen LogP contribution in [0.4, 0.5) is 45.5 Å². The largest absolute Gasteiger partial charge is 0.342 e. The molecule has 0 aromatic heterocycles. The molecule has 6 aromatic carbocycles. The third-order valence-corrected chi connectivity index (χ3v) is 10.2. The molecule has 3 aliphatic heterocycles. The highest BCUT2D eigenvalue weighted by Gasteiger charge is 2.44. The summed E-state index contributed by atoms with van der Waals surface area (Å²) in [6.45, 7) is 5.71. The first-order valence-corrected chi connectivity index (χ1v) is 16.6. The molecule has 6 aromatic rings. The molecule has 3 aliphatic rings. The summed E-state index contributed by atoms with van der Waals surface area (Å²) in [7, 11) is 0. The van der Waals surface area contributed by atoms with Gasteiger partial charge < -0.3 is 14.7 Å². The molecule has 0 atom stereocenters. The molecule has 3 heterocycles. The molecule has 0 N–H and O–H groups in total. The van der Waals surface area contributed by atoms with Crippen LogP contribution >= 0.6 is 0 Å². The van der Waals surface area contributed by atoms with Crippen LogP contribution in [0.3, 0.4) is 0 Å². The van der Waals surface area contributed by atoms with E-state index in [1.54, 1.807) is 0 Å². The van der Waals surface area contributed by atoms with Crippen LogP contribution in [-0.4, -0.2) is 13.3 Å². The Morgan fingerprint density at radius 3 is 1.96 bits per heavy atom. The fourth-order valence-electron chi connectivity index (χ4n) is 8.15. The average molecular weight is 594 g/mol. The number of hydrogen-bond acceptors (Lipinski definition) is 3. The van der Waals surface area contributed by atoms with Crippen LogP contribution in [0.5, 0.6) is 0 Å². The summed E-state index contributed by atoms with van der Waals surface area (Å²) in [5, 5.41) is 0. The first-order valence-electron chi connectivity index (χ1n) is 16.6. The highest BCUT2D eigenvalue weighted by Crippen LogP contribution is 2.47. The fraction of sp³-hybridized carbons (Fsp3) is 0.143. The summed E-state index contributed by atoms with van der Waals surface area (Å²) in [6, 6.07) is 49.4. The van der Waals surface area contributed by atoms with E-state index in [0.29, 0.717) is 0 Å². The summed E-state index contributed by atoms with van der Waals surface area (Å²) in [5.74, 6) is 0. The van der Waals surface area contributed by atoms with Gasteiger partial charge in [0.2, 0.25) is 0 Å². The molecule has 9 rings (SSSR count). The molecular formula is C42H36BN3. The molecule has 0 saturated heterocycles. The third-order valence-electron chi connectivity index (χ3n) is 10.2. The van der Waals surface area contributed by atoms with Gasteiger partial charge in [-0.3, -0.25) is 0 Å². The highest BCUT2D eigenvalue weighted by molar-refractivity contribution is 7.00. The minimum Gasteiger partial charge on any atom is -0.342 e. The second-order valence-electron chi connectivity index (χ2n) is 13.0. The maximum absolute atomic E-state index is 2.68. The van der Waals surface area contributed by atoms with Gasteiger partial charge in [0, 0.05) is 46.4 Å². The number of fused-ring (bicyclic) bond motifs is 4. The Balaban J connectivity index is 1.40. The van der Waals surface area contributed by atoms with Crippen molar-refractivity contribution in [2.45, 2.75) is 33.1 Å². The molecule has 0 aliphatic carbocycles. The van der Waals surface area contributed by atoms with E-state index >= 15 is 0 Å². The summed E-state index contributed by atoms with van der Waals surface area (Å²) in [4.78, 5) is 7.62. The number of rotatable bonds is 4. The number of benzene rings is 6. The van der Waals surface area contributed by atoms with Gasteiger partial charge >= 0.3 is 0 Å². The molecule has 0 radical (unpaired) electrons. The van der Waals surface area contributed by atoms with Crippen LogP contribution in [0.2, 0.25) is 0 Å². The quantitative estimate of drug-likeness (QED) is 0.189. The lowest BCUT2D eigenvalue weighted by atomic mass is 9.33. The SMILES string of the molecule is Cc1ccc2c(c1)N(c1ccccc1)c1cc(N(c3ccccc3)c3ccccc3)cc3c1B2c1ccc(C)c2c1N3CCCC2. The Hall–Kier alpha value is -5.22. The van der Waals surface area contributed by atoms with E-state index in [2.05, 4.69) is 162 Å². The molecule has 0 spiro atoms. The molecule has 0 unspecified atom stereocenters. The Morgan fingerprint density at radius 2 is 1.24 bits per heavy atom. The maximum Gasteiger partial charge on any atom is 0.252 e. The minimum atomic E-state index is 0.167. The monoisotopic (exact) mass is 593 g/mol. The van der Waals surface area contributed by atoms with Crippen molar-refractivity contribution in [3.63, 3.8) is 0 Å². The van der Waals surface area contributed by atoms with Gasteiger partial charge in [0.1, 0.15) is 0 Å². The van der Waals surface area contributed by atoms with Gasteiger partial charge in [-0.15, -0.1) is 0 Å². The summed E-state index contributed by atoms with van der Waals surface area (Å²) >= 11 is 0. The minimum absolute atomic E-state index is 0.167. The van der Waals surface area contributed by atoms with Crippen LogP contribution in [0.1, 0.15) is 29.5 Å². The van der Waals surface area contributed by atoms with Gasteiger partial charge in [-0.2, -0.15) is 0 Å². The van der Waals surface area contributed by atoms with Crippen molar-refractivity contribution in [3.8, 4) is 0 Å². The number of anilines is 8. The Labute approximate surface area is 272 Å². The standard InChI is InChI=1S/C42H36BN3/c1-29-21-23-36-38(26-29)46(33-18-10-5-11-19-33)40-28-34(45(31-14-6-3-7-15-31)32-16-8-4-9-17-32)27-39-41(40)43(36)37-24-22-30(2)35-20-12-13-25-44(39)42(35)37/h3-11,14-19,21-24,26-28H,12-13,20,25H2,1-2H3. The van der Waals surface area contributed by atoms with E-state index in [1.807, 2.05) is 0 Å². The topological polar surface area (TPSA) is 9.72 Å². The smallest absolute Gasteiger partial charge is 0.252 e. The van der Waals surface area contributed by atoms with E-state index < -0.39 is 0 Å². The van der Waals surface area contributed by atoms with Crippen molar-refractivity contribution in [1.29, 1.82) is 0 Å². The van der Waals surface area contributed by atoms with Crippen molar-refractivity contribution in [1.82, 2.24) is 0 Å². The van der Waals surface area contributed by atoms with E-state index in [9.17, 15) is 0 Å². The van der Waals surface area contributed by atoms with Crippen LogP contribution in [-0.2, 0) is 6.42 Å². The first kappa shape index (κ1) is 27.1. The molecule has 4 heteroatoms. The second-order valence-corrected chi connectivity index (χ2v) is 13.0. The van der Waals surface area contributed by atoms with E-state index in [1.165, 1.54) is 80.0 Å². The summed E-state index contributed by atoms with van der Waals surface area (Å²) < 4.78 is 0. The van der Waals surface area contributed by atoms with Crippen molar-refractivity contribution < 1.29 is 0 Å². The second kappa shape index (κ2) is 10.7. The van der Waals surface area contributed by atoms with Gasteiger partial charge in [0.25, 0.3) is 6.71 Å². The zero-order chi connectivity index (χ0) is 30.8. The van der Waals surface area contributed by atoms with Crippen LogP contribution in [0.25, 0.3) is 0 Å². The van der Waals surface area contributed by atoms with E-state index in [4.69, 9.17) is 0 Å². The number of para-hydroxylation sites is 3. The van der Waals surface area contributed by atoms with Gasteiger partial charge in [-0.1, -0.05) is 78.9 Å². The van der Waals surface area contributed by atoms with E-state index in [-0.39, 0.29) is 6.71 Å². The van der Waals surface area contributed by atoms with Crippen molar-refractivity contribution in [2.75, 3.05) is 21.2 Å². The van der Waals surface area contributed by atoms with Crippen LogP contribution in [0.15, 0.2) is 133 Å². The lowest BCUT2D eigenvalue weighted by molar-refractivity contribution is 0.760. The number of aryl methyl sites for hydroxylation is 2. The summed E-state index contributed by atoms with van der Waals surface area (Å²) in [6.07, 6.45) is 3.53. The van der Waals surface area contributed by atoms with Crippen molar-refractivity contribution in [3.05, 3.63) is 150 Å². The average Bonchev–Trinajstić information content (AvgIpc) is 3.33. The lowest BCUT2D eigenvalue weighted by Crippen LogP contribution is -2.62. The Kier molecular flexibility index (Phi) is 6.31. The van der Waals surface area contributed by atoms with Gasteiger partial charge in [-0.05, 0) is 121 Å². The predicted molar refractivity (Wildman–Crippen MR) is 196 cm³/mol. The lowest BCUT2D eigenvalue weighted by Gasteiger charge is -2.45. The highest BCUT2D eigenvalue weighted by atomic mass is 15.2. The third kappa shape index (κ3) is 4.13. The Bertz CT molecular complexity index is 2050. The molecule has 0 bridgehead atoms. The van der Waals surface area contributed by atoms with Crippen molar-refractivity contribution in [2.24, 2.45) is 0 Å². The van der Waals surface area contributed by atoms with Gasteiger partial charge in [-0.25, -0.2) is 0 Å². The number of hydrogen-bond donors (Lipinski definition) is 0. The molecule has 0 fully saturated rings. The van der Waals surface area contributed by atoms with Crippen molar-refractivity contribution >= 4 is 68.6 Å². The van der Waals surface area contributed by atoms with Gasteiger partial charge in [0.15, 0.2) is 0 Å². The maximum atomic E-state index is 2.68. The van der Waals surface area contributed by atoms with Gasteiger partial charge in [0.05, 0.1) is 5.69 Å². The molecule has 0 saturated carbocycles. The normalized spacial score (nSPS) is 14.3. The predicted octanol–water partition coefficient (Wildman–Crippen LogP) is 8.86. The number of nitrogens with zero attached hydrogens (tertiary/aromatic N) is 3. The van der Waals surface area contributed by atoms with Crippen LogP contribution in [0, 0.1) is 13.8 Å². The summed E-state index contributed by atoms with van der Waals surface area (Å²) in [5.41, 5.74) is 18.4. The Morgan fingerprint density at radius 1 is 0.587 bits per heavy atom. The molecule has 3 nitrogen and oxygen atoms in total. The zero-order valence-corrected chi connectivity index (χ0v) is 26.4. The molecule has 222 valence electrons. The first-order chi connectivity index (χ1) is 22.7. The molecule has 0 amide bonds. The van der Waals surface area contributed by atoms with Crippen LogP contribution < -0.4 is 31.1 Å².